The molecule has 1 N–H and O–H groups in total. The number of sulfone groups is 1. The fraction of sp³-hybridized carbons (Fsp3) is 0.600. The third-order valence-corrected chi connectivity index (χ3v) is 5.50. The van der Waals surface area contributed by atoms with E-state index in [9.17, 15) is 22.3 Å². The van der Waals surface area contributed by atoms with Crippen LogP contribution in [0, 0.1) is 5.92 Å². The van der Waals surface area contributed by atoms with Gasteiger partial charge >= 0.3 is 5.76 Å². The fourth-order valence-corrected chi connectivity index (χ4v) is 3.62. The second kappa shape index (κ2) is 7.02. The quantitative estimate of drug-likeness (QED) is 0.868. The van der Waals surface area contributed by atoms with Crippen molar-refractivity contribution in [3.63, 3.8) is 0 Å². The average Bonchev–Trinajstić information content (AvgIpc) is 2.84. The summed E-state index contributed by atoms with van der Waals surface area (Å²) < 4.78 is 47.6. The number of hydrogen-bond acceptors (Lipinski definition) is 4. The molecule has 0 radical (unpaired) electrons. The van der Waals surface area contributed by atoms with E-state index in [0.717, 1.165) is 31.4 Å². The highest BCUT2D eigenvalue weighted by Gasteiger charge is 2.27. The SMILES string of the molecule is CN(Cc1ccc(S(=O)(=O)C(F)F)cc1)CC1CCCC1O. The Kier molecular flexibility index (Phi) is 5.52. The summed E-state index contributed by atoms with van der Waals surface area (Å²) in [4.78, 5) is 1.69. The fourth-order valence-electron chi connectivity index (χ4n) is 2.89. The Bertz CT molecular complexity index is 589. The highest BCUT2D eigenvalue weighted by Crippen LogP contribution is 2.26. The van der Waals surface area contributed by atoms with E-state index in [1.165, 1.54) is 12.1 Å². The molecule has 0 bridgehead atoms. The Morgan fingerprint density at radius 3 is 2.41 bits per heavy atom. The van der Waals surface area contributed by atoms with Crippen molar-refractivity contribution in [3.05, 3.63) is 29.8 Å². The van der Waals surface area contributed by atoms with Crippen molar-refractivity contribution >= 4 is 9.84 Å². The van der Waals surface area contributed by atoms with Gasteiger partial charge in [-0.05, 0) is 43.5 Å². The van der Waals surface area contributed by atoms with Crippen LogP contribution >= 0.6 is 0 Å². The minimum absolute atomic E-state index is 0.249. The molecule has 2 atom stereocenters. The van der Waals surface area contributed by atoms with Crippen LogP contribution in [0.4, 0.5) is 8.78 Å². The maximum Gasteiger partial charge on any atom is 0.341 e. The van der Waals surface area contributed by atoms with Crippen LogP contribution in [0.3, 0.4) is 0 Å². The summed E-state index contributed by atoms with van der Waals surface area (Å²) in [5.74, 6) is -3.13. The number of benzene rings is 1. The van der Waals surface area contributed by atoms with Crippen LogP contribution in [0.1, 0.15) is 24.8 Å². The summed E-state index contributed by atoms with van der Waals surface area (Å²) in [5, 5.41) is 9.82. The van der Waals surface area contributed by atoms with Crippen LogP contribution < -0.4 is 0 Å². The highest BCUT2D eigenvalue weighted by molar-refractivity contribution is 7.91. The lowest BCUT2D eigenvalue weighted by Gasteiger charge is -2.23. The molecular formula is C15H21F2NO3S. The maximum absolute atomic E-state index is 12.5. The molecule has 0 amide bonds. The predicted molar refractivity (Wildman–Crippen MR) is 79.3 cm³/mol. The van der Waals surface area contributed by atoms with Crippen molar-refractivity contribution in [2.24, 2.45) is 5.92 Å². The molecule has 1 aliphatic rings. The van der Waals surface area contributed by atoms with E-state index in [4.69, 9.17) is 0 Å². The second-order valence-electron chi connectivity index (χ2n) is 5.90. The standard InChI is InChI=1S/C15H21F2NO3S/c1-18(10-12-3-2-4-14(12)19)9-11-5-7-13(8-6-11)22(20,21)15(16)17/h5-8,12,14-15,19H,2-4,9-10H2,1H3. The van der Waals surface area contributed by atoms with Crippen LogP contribution in [-0.4, -0.2) is 43.9 Å². The first-order valence-corrected chi connectivity index (χ1v) is 8.83. The molecular weight excluding hydrogens is 312 g/mol. The normalized spacial score (nSPS) is 22.6. The molecule has 0 saturated heterocycles. The molecule has 0 aliphatic heterocycles. The number of alkyl halides is 2. The molecule has 1 aromatic rings. The first-order chi connectivity index (χ1) is 10.3. The minimum atomic E-state index is -4.53. The molecule has 2 rings (SSSR count). The van der Waals surface area contributed by atoms with E-state index in [2.05, 4.69) is 4.90 Å². The van der Waals surface area contributed by atoms with Crippen LogP contribution in [0.5, 0.6) is 0 Å². The first kappa shape index (κ1) is 17.3. The lowest BCUT2D eigenvalue weighted by atomic mass is 10.1. The van der Waals surface area contributed by atoms with Crippen LogP contribution in [0.25, 0.3) is 0 Å². The molecule has 124 valence electrons. The van der Waals surface area contributed by atoms with Gasteiger partial charge in [0.1, 0.15) is 0 Å². The summed E-state index contributed by atoms with van der Waals surface area (Å²) in [6.45, 7) is 1.34. The van der Waals surface area contributed by atoms with Gasteiger partial charge in [0.25, 0.3) is 0 Å². The van der Waals surface area contributed by atoms with E-state index < -0.39 is 15.6 Å². The molecule has 7 heteroatoms. The van der Waals surface area contributed by atoms with Crippen molar-refractivity contribution in [2.75, 3.05) is 13.6 Å². The zero-order chi connectivity index (χ0) is 16.3. The summed E-state index contributed by atoms with van der Waals surface area (Å²) in [6.07, 6.45) is 2.65. The Morgan fingerprint density at radius 1 is 1.27 bits per heavy atom. The molecule has 0 aromatic heterocycles. The molecule has 1 saturated carbocycles. The number of nitrogens with zero attached hydrogens (tertiary/aromatic N) is 1. The lowest BCUT2D eigenvalue weighted by Crippen LogP contribution is -2.29. The van der Waals surface area contributed by atoms with Gasteiger partial charge in [0.2, 0.25) is 9.84 Å². The Morgan fingerprint density at radius 2 is 1.91 bits per heavy atom. The van der Waals surface area contributed by atoms with Gasteiger partial charge in [0, 0.05) is 13.1 Å². The number of aliphatic hydroxyl groups excluding tert-OH is 1. The second-order valence-corrected chi connectivity index (χ2v) is 7.82. The molecule has 22 heavy (non-hydrogen) atoms. The largest absolute Gasteiger partial charge is 0.393 e. The van der Waals surface area contributed by atoms with Gasteiger partial charge in [-0.3, -0.25) is 0 Å². The number of rotatable bonds is 6. The Hall–Kier alpha value is -1.05. The zero-order valence-electron chi connectivity index (χ0n) is 12.5. The molecule has 4 nitrogen and oxygen atoms in total. The van der Waals surface area contributed by atoms with Crippen LogP contribution in [0.15, 0.2) is 29.2 Å². The van der Waals surface area contributed by atoms with Gasteiger partial charge in [-0.1, -0.05) is 18.6 Å². The van der Waals surface area contributed by atoms with E-state index in [0.29, 0.717) is 6.54 Å². The smallest absolute Gasteiger partial charge is 0.341 e. The van der Waals surface area contributed by atoms with Gasteiger partial charge in [0.05, 0.1) is 11.0 Å². The van der Waals surface area contributed by atoms with E-state index >= 15 is 0 Å². The van der Waals surface area contributed by atoms with Gasteiger partial charge in [-0.25, -0.2) is 8.42 Å². The molecule has 1 aromatic carbocycles. The third-order valence-electron chi connectivity index (χ3n) is 4.10. The summed E-state index contributed by atoms with van der Waals surface area (Å²) >= 11 is 0. The van der Waals surface area contributed by atoms with Crippen molar-refractivity contribution in [2.45, 2.75) is 42.6 Å². The average molecular weight is 333 g/mol. The van der Waals surface area contributed by atoms with Gasteiger partial charge < -0.3 is 10.0 Å². The zero-order valence-corrected chi connectivity index (χ0v) is 13.3. The molecule has 1 fully saturated rings. The van der Waals surface area contributed by atoms with E-state index in [1.807, 2.05) is 7.05 Å². The monoisotopic (exact) mass is 333 g/mol. The first-order valence-electron chi connectivity index (χ1n) is 7.28. The van der Waals surface area contributed by atoms with Crippen molar-refractivity contribution in [1.82, 2.24) is 4.90 Å². The summed E-state index contributed by atoms with van der Waals surface area (Å²) in [7, 11) is -2.60. The van der Waals surface area contributed by atoms with E-state index in [1.54, 1.807) is 12.1 Å². The molecule has 2 unspecified atom stereocenters. The molecule has 0 heterocycles. The highest BCUT2D eigenvalue weighted by atomic mass is 32.2. The Labute approximate surface area is 129 Å². The summed E-state index contributed by atoms with van der Waals surface area (Å²) in [5.41, 5.74) is 0.850. The summed E-state index contributed by atoms with van der Waals surface area (Å²) in [6, 6.07) is 5.54. The van der Waals surface area contributed by atoms with Gasteiger partial charge in [-0.15, -0.1) is 0 Å². The topological polar surface area (TPSA) is 57.6 Å². The Balaban J connectivity index is 1.96. The number of hydrogen-bond donors (Lipinski definition) is 1. The van der Waals surface area contributed by atoms with Crippen LogP contribution in [-0.2, 0) is 16.4 Å². The van der Waals surface area contributed by atoms with Crippen molar-refractivity contribution < 1.29 is 22.3 Å². The van der Waals surface area contributed by atoms with Crippen molar-refractivity contribution in [3.8, 4) is 0 Å². The van der Waals surface area contributed by atoms with Crippen LogP contribution in [0.2, 0.25) is 0 Å². The van der Waals surface area contributed by atoms with Gasteiger partial charge in [0.15, 0.2) is 0 Å². The molecule has 0 spiro atoms. The van der Waals surface area contributed by atoms with Crippen molar-refractivity contribution in [1.29, 1.82) is 0 Å². The third kappa shape index (κ3) is 4.02. The van der Waals surface area contributed by atoms with E-state index in [-0.39, 0.29) is 16.9 Å². The minimum Gasteiger partial charge on any atom is -0.393 e. The maximum atomic E-state index is 12.5. The van der Waals surface area contributed by atoms with Gasteiger partial charge in [-0.2, -0.15) is 8.78 Å². The lowest BCUT2D eigenvalue weighted by molar-refractivity contribution is 0.108. The number of halogens is 2. The predicted octanol–water partition coefficient (Wildman–Crippen LogP) is 2.28. The number of aliphatic hydroxyl groups is 1. The molecule has 1 aliphatic carbocycles.